The van der Waals surface area contributed by atoms with E-state index in [4.69, 9.17) is 0 Å². The molecule has 0 atom stereocenters. The number of thiophene rings is 1. The summed E-state index contributed by atoms with van der Waals surface area (Å²) < 4.78 is 39.9. The van der Waals surface area contributed by atoms with Crippen LogP contribution in [0.3, 0.4) is 0 Å². The predicted octanol–water partition coefficient (Wildman–Crippen LogP) is 2.14. The van der Waals surface area contributed by atoms with Crippen LogP contribution in [-0.4, -0.2) is 37.6 Å². The van der Waals surface area contributed by atoms with Gasteiger partial charge in [0, 0.05) is 18.7 Å². The number of carbonyl (C=O) groups is 2. The summed E-state index contributed by atoms with van der Waals surface area (Å²) in [4.78, 5) is 24.3. The number of hydrogen-bond donors (Lipinski definition) is 2. The zero-order chi connectivity index (χ0) is 19.4. The Kier molecular flexibility index (Phi) is 5.88. The van der Waals surface area contributed by atoms with Crippen LogP contribution in [0.25, 0.3) is 0 Å². The molecule has 0 radical (unpaired) electrons. The highest BCUT2D eigenvalue weighted by Crippen LogP contribution is 2.27. The number of benzene rings is 1. The zero-order valence-electron chi connectivity index (χ0n) is 14.3. The minimum absolute atomic E-state index is 0.0000189. The van der Waals surface area contributed by atoms with Gasteiger partial charge < -0.3 is 0 Å². The first kappa shape index (κ1) is 19.5. The van der Waals surface area contributed by atoms with Crippen molar-refractivity contribution >= 4 is 33.2 Å². The highest BCUT2D eigenvalue weighted by atomic mass is 32.2. The molecule has 1 aromatic heterocycles. The number of carbonyl (C=O) groups excluding carboxylic acids is 2. The van der Waals surface area contributed by atoms with Crippen LogP contribution < -0.4 is 10.9 Å². The lowest BCUT2D eigenvalue weighted by atomic mass is 10.2. The third-order valence-electron chi connectivity index (χ3n) is 4.16. The molecule has 0 bridgehead atoms. The van der Waals surface area contributed by atoms with Crippen molar-refractivity contribution in [2.45, 2.75) is 24.2 Å². The number of piperidine rings is 1. The first-order valence-electron chi connectivity index (χ1n) is 8.33. The summed E-state index contributed by atoms with van der Waals surface area (Å²) in [5, 5.41) is 1.52. The average molecular weight is 411 g/mol. The van der Waals surface area contributed by atoms with Crippen LogP contribution in [0.2, 0.25) is 0 Å². The van der Waals surface area contributed by atoms with E-state index < -0.39 is 27.7 Å². The third kappa shape index (κ3) is 4.34. The molecule has 2 aromatic rings. The second-order valence-electron chi connectivity index (χ2n) is 5.99. The van der Waals surface area contributed by atoms with Crippen molar-refractivity contribution < 1.29 is 22.4 Å². The molecule has 0 saturated carbocycles. The molecule has 1 saturated heterocycles. The fraction of sp³-hybridized carbons (Fsp3) is 0.294. The number of nitrogens with one attached hydrogen (secondary N) is 2. The summed E-state index contributed by atoms with van der Waals surface area (Å²) in [6, 6.07) is 6.19. The maximum Gasteiger partial charge on any atom is 0.281 e. The van der Waals surface area contributed by atoms with Crippen LogP contribution in [0.15, 0.2) is 40.6 Å². The second-order valence-corrected chi connectivity index (χ2v) is 8.82. The Morgan fingerprint density at radius 3 is 2.26 bits per heavy atom. The first-order chi connectivity index (χ1) is 12.9. The van der Waals surface area contributed by atoms with E-state index in [-0.39, 0.29) is 15.3 Å². The van der Waals surface area contributed by atoms with E-state index >= 15 is 0 Å². The Labute approximate surface area is 160 Å². The van der Waals surface area contributed by atoms with Crippen molar-refractivity contribution in [3.63, 3.8) is 0 Å². The van der Waals surface area contributed by atoms with Crippen LogP contribution in [0.5, 0.6) is 0 Å². The van der Waals surface area contributed by atoms with Crippen LogP contribution in [0.1, 0.15) is 39.3 Å². The third-order valence-corrected chi connectivity index (χ3v) is 7.15. The molecule has 0 spiro atoms. The molecule has 1 fully saturated rings. The van der Waals surface area contributed by atoms with E-state index in [1.165, 1.54) is 27.9 Å². The van der Waals surface area contributed by atoms with Gasteiger partial charge in [0.2, 0.25) is 10.0 Å². The van der Waals surface area contributed by atoms with Crippen LogP contribution in [-0.2, 0) is 10.0 Å². The molecule has 2 amide bonds. The summed E-state index contributed by atoms with van der Waals surface area (Å²) in [6.45, 7) is 0.862. The van der Waals surface area contributed by atoms with Gasteiger partial charge in [-0.3, -0.25) is 20.4 Å². The SMILES string of the molecule is O=C(NNC(=O)c1sccc1S(=O)(=O)N1CCCCC1)c1ccc(F)cc1. The number of halogens is 1. The first-order valence-corrected chi connectivity index (χ1v) is 10.7. The summed E-state index contributed by atoms with van der Waals surface area (Å²) in [5.41, 5.74) is 4.57. The number of sulfonamides is 1. The van der Waals surface area contributed by atoms with Crippen molar-refractivity contribution in [3.8, 4) is 0 Å². The summed E-state index contributed by atoms with van der Waals surface area (Å²) in [6.07, 6.45) is 2.57. The lowest BCUT2D eigenvalue weighted by molar-refractivity contribution is 0.0847. The summed E-state index contributed by atoms with van der Waals surface area (Å²) in [5.74, 6) is -1.85. The van der Waals surface area contributed by atoms with Crippen molar-refractivity contribution in [1.82, 2.24) is 15.2 Å². The molecule has 2 heterocycles. The Hall–Kier alpha value is -2.30. The molecule has 0 aliphatic carbocycles. The quantitative estimate of drug-likeness (QED) is 0.754. The van der Waals surface area contributed by atoms with Crippen LogP contribution in [0, 0.1) is 5.82 Å². The number of rotatable bonds is 4. The number of hydrogen-bond acceptors (Lipinski definition) is 5. The molecule has 7 nitrogen and oxygen atoms in total. The Bertz CT molecular complexity index is 935. The maximum atomic E-state index is 12.9. The Morgan fingerprint density at radius 2 is 1.59 bits per heavy atom. The highest BCUT2D eigenvalue weighted by Gasteiger charge is 2.31. The van der Waals surface area contributed by atoms with Crippen LogP contribution in [0.4, 0.5) is 4.39 Å². The predicted molar refractivity (Wildman–Crippen MR) is 98.3 cm³/mol. The van der Waals surface area contributed by atoms with E-state index in [1.54, 1.807) is 0 Å². The molecule has 0 unspecified atom stereocenters. The van der Waals surface area contributed by atoms with E-state index in [0.717, 1.165) is 42.7 Å². The monoisotopic (exact) mass is 411 g/mol. The summed E-state index contributed by atoms with van der Waals surface area (Å²) >= 11 is 0.979. The second kappa shape index (κ2) is 8.15. The molecule has 2 N–H and O–H groups in total. The van der Waals surface area contributed by atoms with Crippen molar-refractivity contribution in [2.24, 2.45) is 0 Å². The maximum absolute atomic E-state index is 12.9. The van der Waals surface area contributed by atoms with Crippen molar-refractivity contribution in [1.29, 1.82) is 0 Å². The molecule has 3 rings (SSSR count). The van der Waals surface area contributed by atoms with Gasteiger partial charge in [-0.25, -0.2) is 12.8 Å². The van der Waals surface area contributed by atoms with Gasteiger partial charge in [0.25, 0.3) is 11.8 Å². The van der Waals surface area contributed by atoms with Crippen molar-refractivity contribution in [2.75, 3.05) is 13.1 Å². The van der Waals surface area contributed by atoms with Gasteiger partial charge in [0.05, 0.1) is 0 Å². The van der Waals surface area contributed by atoms with Gasteiger partial charge in [0.15, 0.2) is 0 Å². The van der Waals surface area contributed by atoms with Gasteiger partial charge >= 0.3 is 0 Å². The van der Waals surface area contributed by atoms with Gasteiger partial charge in [0.1, 0.15) is 15.6 Å². The van der Waals surface area contributed by atoms with Gasteiger partial charge in [-0.1, -0.05) is 6.42 Å². The lowest BCUT2D eigenvalue weighted by Crippen LogP contribution is -2.42. The molecule has 1 aliphatic heterocycles. The average Bonchev–Trinajstić information content (AvgIpc) is 3.18. The Balaban J connectivity index is 1.70. The fourth-order valence-electron chi connectivity index (χ4n) is 2.75. The van der Waals surface area contributed by atoms with Crippen molar-refractivity contribution in [3.05, 3.63) is 52.0 Å². The summed E-state index contributed by atoms with van der Waals surface area (Å²) in [7, 11) is -3.76. The van der Waals surface area contributed by atoms with E-state index in [9.17, 15) is 22.4 Å². The van der Waals surface area contributed by atoms with Gasteiger partial charge in [-0.15, -0.1) is 11.3 Å². The highest BCUT2D eigenvalue weighted by molar-refractivity contribution is 7.89. The topological polar surface area (TPSA) is 95.6 Å². The molecule has 1 aromatic carbocycles. The minimum Gasteiger partial charge on any atom is -0.267 e. The lowest BCUT2D eigenvalue weighted by Gasteiger charge is -2.25. The zero-order valence-corrected chi connectivity index (χ0v) is 15.9. The van der Waals surface area contributed by atoms with Gasteiger partial charge in [-0.05, 0) is 48.6 Å². The van der Waals surface area contributed by atoms with E-state index in [1.807, 2.05) is 0 Å². The van der Waals surface area contributed by atoms with Gasteiger partial charge in [-0.2, -0.15) is 4.31 Å². The minimum atomic E-state index is -3.76. The fourth-order valence-corrected chi connectivity index (χ4v) is 5.57. The number of amides is 2. The number of hydrazine groups is 1. The van der Waals surface area contributed by atoms with E-state index in [2.05, 4.69) is 10.9 Å². The molecule has 144 valence electrons. The molecule has 10 heteroatoms. The normalized spacial score (nSPS) is 15.3. The Morgan fingerprint density at radius 1 is 0.963 bits per heavy atom. The number of nitrogens with zero attached hydrogens (tertiary/aromatic N) is 1. The largest absolute Gasteiger partial charge is 0.281 e. The van der Waals surface area contributed by atoms with Crippen LogP contribution >= 0.6 is 11.3 Å². The smallest absolute Gasteiger partial charge is 0.267 e. The molecule has 27 heavy (non-hydrogen) atoms. The molecule has 1 aliphatic rings. The molecular formula is C17H18FN3O4S2. The van der Waals surface area contributed by atoms with E-state index in [0.29, 0.717) is 13.1 Å². The molecular weight excluding hydrogens is 393 g/mol. The standard InChI is InChI=1S/C17H18FN3O4S2/c18-13-6-4-12(5-7-13)16(22)19-20-17(23)15-14(8-11-26-15)27(24,25)21-9-2-1-3-10-21/h4-8,11H,1-3,9-10H2,(H,19,22)(H,20,23).